The normalized spacial score (nSPS) is 13.2. The molecule has 0 spiro atoms. The highest BCUT2D eigenvalue weighted by Gasteiger charge is 2.23. The van der Waals surface area contributed by atoms with E-state index in [1.165, 1.54) is 11.1 Å². The van der Waals surface area contributed by atoms with E-state index in [0.717, 1.165) is 30.0 Å². The Morgan fingerprint density at radius 3 is 2.78 bits per heavy atom. The van der Waals surface area contributed by atoms with E-state index in [1.54, 1.807) is 4.68 Å². The van der Waals surface area contributed by atoms with Crippen LogP contribution in [-0.4, -0.2) is 21.4 Å². The zero-order valence-electron chi connectivity index (χ0n) is 10.1. The maximum atomic E-state index is 5.69. The molecule has 0 atom stereocenters. The Morgan fingerprint density at radius 1 is 1.39 bits per heavy atom. The van der Waals surface area contributed by atoms with Crippen LogP contribution in [0.5, 0.6) is 0 Å². The Balaban J connectivity index is 2.15. The predicted molar refractivity (Wildman–Crippen MR) is 76.8 cm³/mol. The first kappa shape index (κ1) is 11.2. The molecule has 18 heavy (non-hydrogen) atoms. The van der Waals surface area contributed by atoms with Gasteiger partial charge in [-0.25, -0.2) is 0 Å². The molecule has 2 heterocycles. The number of anilines is 1. The molecule has 1 aliphatic rings. The van der Waals surface area contributed by atoms with Gasteiger partial charge >= 0.3 is 0 Å². The lowest BCUT2D eigenvalue weighted by Gasteiger charge is -2.02. The molecule has 0 amide bonds. The molecule has 2 aromatic rings. The lowest BCUT2D eigenvalue weighted by atomic mass is 10.1. The Labute approximate surface area is 111 Å². The third-order valence-electron chi connectivity index (χ3n) is 3.18. The summed E-state index contributed by atoms with van der Waals surface area (Å²) in [4.78, 5) is 0. The van der Waals surface area contributed by atoms with E-state index in [1.807, 2.05) is 0 Å². The van der Waals surface area contributed by atoms with E-state index in [4.69, 9.17) is 18.0 Å². The van der Waals surface area contributed by atoms with E-state index in [-0.39, 0.29) is 5.11 Å². The second-order valence-corrected chi connectivity index (χ2v) is 4.89. The number of nitrogens with two attached hydrogens (primary N) is 1. The van der Waals surface area contributed by atoms with Crippen molar-refractivity contribution in [1.29, 1.82) is 0 Å². The number of hydrogen-bond donors (Lipinski definition) is 2. The summed E-state index contributed by atoms with van der Waals surface area (Å²) < 4.78 is 1.62. The van der Waals surface area contributed by atoms with Gasteiger partial charge in [-0.15, -0.1) is 0 Å². The summed E-state index contributed by atoms with van der Waals surface area (Å²) in [5.74, 6) is 0.943. The lowest BCUT2D eigenvalue weighted by Crippen LogP contribution is -2.22. The van der Waals surface area contributed by atoms with Crippen LogP contribution < -0.4 is 11.1 Å². The first-order valence-electron chi connectivity index (χ1n) is 5.89. The standard InChI is InChI=1S/C13H14N4S/c1-8-2-4-9(5-3-8)11-10-6-7-15-12(10)17(16-11)13(14)18/h2-5,15H,6-7H2,1H3,(H2,14,18). The van der Waals surface area contributed by atoms with Crippen LogP contribution in [0.25, 0.3) is 11.3 Å². The zero-order valence-corrected chi connectivity index (χ0v) is 10.9. The van der Waals surface area contributed by atoms with Crippen molar-refractivity contribution in [2.75, 3.05) is 11.9 Å². The lowest BCUT2D eigenvalue weighted by molar-refractivity contribution is 0.935. The molecule has 3 N–H and O–H groups in total. The molecular weight excluding hydrogens is 244 g/mol. The number of benzene rings is 1. The number of hydrogen-bond acceptors (Lipinski definition) is 3. The molecule has 0 fully saturated rings. The van der Waals surface area contributed by atoms with Gasteiger partial charge in [-0.1, -0.05) is 29.8 Å². The number of fused-ring (bicyclic) bond motifs is 1. The Bertz CT molecular complexity index is 613. The fourth-order valence-electron chi connectivity index (χ4n) is 2.28. The molecular formula is C13H14N4S. The number of rotatable bonds is 1. The minimum Gasteiger partial charge on any atom is -0.374 e. The van der Waals surface area contributed by atoms with Crippen molar-refractivity contribution in [3.63, 3.8) is 0 Å². The Kier molecular flexibility index (Phi) is 2.56. The number of nitrogens with zero attached hydrogens (tertiary/aromatic N) is 2. The Morgan fingerprint density at radius 2 is 2.11 bits per heavy atom. The van der Waals surface area contributed by atoms with Crippen LogP contribution in [0.15, 0.2) is 24.3 Å². The van der Waals surface area contributed by atoms with Gasteiger partial charge in [-0.05, 0) is 25.6 Å². The largest absolute Gasteiger partial charge is 0.374 e. The molecule has 4 nitrogen and oxygen atoms in total. The van der Waals surface area contributed by atoms with Crippen molar-refractivity contribution in [1.82, 2.24) is 9.78 Å². The third kappa shape index (κ3) is 1.67. The SMILES string of the molecule is Cc1ccc(-c2nn(C(N)=S)c3c2CCN3)cc1. The highest BCUT2D eigenvalue weighted by molar-refractivity contribution is 7.80. The monoisotopic (exact) mass is 258 g/mol. The van der Waals surface area contributed by atoms with Gasteiger partial charge in [0, 0.05) is 17.7 Å². The van der Waals surface area contributed by atoms with E-state index in [0.29, 0.717) is 0 Å². The van der Waals surface area contributed by atoms with Crippen molar-refractivity contribution in [3.8, 4) is 11.3 Å². The topological polar surface area (TPSA) is 55.9 Å². The van der Waals surface area contributed by atoms with Gasteiger partial charge in [0.15, 0.2) is 5.11 Å². The molecule has 0 saturated heterocycles. The van der Waals surface area contributed by atoms with E-state index >= 15 is 0 Å². The molecule has 0 bridgehead atoms. The van der Waals surface area contributed by atoms with Crippen molar-refractivity contribution in [2.45, 2.75) is 13.3 Å². The van der Waals surface area contributed by atoms with Crippen LogP contribution in [-0.2, 0) is 6.42 Å². The van der Waals surface area contributed by atoms with Gasteiger partial charge in [0.1, 0.15) is 5.82 Å². The van der Waals surface area contributed by atoms with Gasteiger partial charge in [0.05, 0.1) is 5.69 Å². The maximum absolute atomic E-state index is 5.69. The van der Waals surface area contributed by atoms with Crippen molar-refractivity contribution >= 4 is 23.1 Å². The van der Waals surface area contributed by atoms with E-state index in [9.17, 15) is 0 Å². The summed E-state index contributed by atoms with van der Waals surface area (Å²) in [6.07, 6.45) is 0.959. The van der Waals surface area contributed by atoms with Gasteiger partial charge in [0.2, 0.25) is 0 Å². The highest BCUT2D eigenvalue weighted by atomic mass is 32.1. The molecule has 1 aromatic carbocycles. The number of nitrogens with one attached hydrogen (secondary N) is 1. The minimum absolute atomic E-state index is 0.277. The van der Waals surface area contributed by atoms with Crippen LogP contribution in [0, 0.1) is 6.92 Å². The fourth-order valence-corrected chi connectivity index (χ4v) is 2.41. The van der Waals surface area contributed by atoms with Gasteiger partial charge in [0.25, 0.3) is 0 Å². The molecule has 0 aliphatic carbocycles. The van der Waals surface area contributed by atoms with Gasteiger partial charge < -0.3 is 11.1 Å². The summed E-state index contributed by atoms with van der Waals surface area (Å²) in [6, 6.07) is 8.34. The molecule has 1 aliphatic heterocycles. The van der Waals surface area contributed by atoms with Crippen LogP contribution in [0.1, 0.15) is 11.1 Å². The third-order valence-corrected chi connectivity index (χ3v) is 3.36. The summed E-state index contributed by atoms with van der Waals surface area (Å²) in [5, 5.41) is 8.08. The first-order chi connectivity index (χ1) is 8.66. The summed E-state index contributed by atoms with van der Waals surface area (Å²) in [7, 11) is 0. The fraction of sp³-hybridized carbons (Fsp3) is 0.231. The smallest absolute Gasteiger partial charge is 0.193 e. The Hall–Kier alpha value is -1.88. The quantitative estimate of drug-likeness (QED) is 0.767. The first-order valence-corrected chi connectivity index (χ1v) is 6.30. The summed E-state index contributed by atoms with van der Waals surface area (Å²) >= 11 is 5.03. The molecule has 5 heteroatoms. The number of thiocarbonyl (C=S) groups is 1. The van der Waals surface area contributed by atoms with Crippen LogP contribution in [0.3, 0.4) is 0 Å². The second-order valence-electron chi connectivity index (χ2n) is 4.47. The van der Waals surface area contributed by atoms with E-state index < -0.39 is 0 Å². The van der Waals surface area contributed by atoms with Crippen molar-refractivity contribution in [2.24, 2.45) is 5.73 Å². The second kappa shape index (κ2) is 4.10. The molecule has 0 radical (unpaired) electrons. The predicted octanol–water partition coefficient (Wildman–Crippen LogP) is 1.92. The molecule has 92 valence electrons. The summed E-state index contributed by atoms with van der Waals surface area (Å²) in [6.45, 7) is 2.98. The highest BCUT2D eigenvalue weighted by Crippen LogP contribution is 2.32. The number of aryl methyl sites for hydroxylation is 1. The van der Waals surface area contributed by atoms with Crippen LogP contribution >= 0.6 is 12.2 Å². The number of aromatic nitrogens is 2. The zero-order chi connectivity index (χ0) is 12.7. The summed E-state index contributed by atoms with van der Waals surface area (Å²) in [5.41, 5.74) is 10.2. The van der Waals surface area contributed by atoms with Crippen molar-refractivity contribution < 1.29 is 0 Å². The average Bonchev–Trinajstić information content (AvgIpc) is 2.91. The molecule has 0 saturated carbocycles. The average molecular weight is 258 g/mol. The van der Waals surface area contributed by atoms with Gasteiger partial charge in [-0.2, -0.15) is 9.78 Å². The minimum atomic E-state index is 0.277. The van der Waals surface area contributed by atoms with Crippen LogP contribution in [0.2, 0.25) is 0 Å². The molecule has 1 aromatic heterocycles. The molecule has 3 rings (SSSR count). The van der Waals surface area contributed by atoms with E-state index in [2.05, 4.69) is 41.6 Å². The molecule has 0 unspecified atom stereocenters. The van der Waals surface area contributed by atoms with Crippen molar-refractivity contribution in [3.05, 3.63) is 35.4 Å². The maximum Gasteiger partial charge on any atom is 0.193 e. The van der Waals surface area contributed by atoms with Crippen LogP contribution in [0.4, 0.5) is 5.82 Å². The van der Waals surface area contributed by atoms with Gasteiger partial charge in [-0.3, -0.25) is 0 Å².